The van der Waals surface area contributed by atoms with Crippen LogP contribution in [0.2, 0.25) is 0 Å². The molecule has 0 aliphatic carbocycles. The van der Waals surface area contributed by atoms with E-state index in [2.05, 4.69) is 10.4 Å². The number of urea groups is 1. The number of aromatic nitrogens is 2. The highest BCUT2D eigenvalue weighted by Gasteiger charge is 2.12. The van der Waals surface area contributed by atoms with Gasteiger partial charge >= 0.3 is 12.0 Å². The maximum atomic E-state index is 12.2. The summed E-state index contributed by atoms with van der Waals surface area (Å²) in [5.41, 5.74) is 2.64. The summed E-state index contributed by atoms with van der Waals surface area (Å²) in [6.07, 6.45) is 4.46. The van der Waals surface area contributed by atoms with Crippen molar-refractivity contribution in [3.05, 3.63) is 72.6 Å². The number of esters is 1. The molecule has 0 fully saturated rings. The number of anilines is 1. The van der Waals surface area contributed by atoms with Crippen LogP contribution in [0.4, 0.5) is 10.5 Å². The lowest BCUT2D eigenvalue weighted by Crippen LogP contribution is -2.40. The van der Waals surface area contributed by atoms with Crippen molar-refractivity contribution in [2.75, 3.05) is 11.9 Å². The summed E-state index contributed by atoms with van der Waals surface area (Å²) in [6.45, 7) is 3.81. The molecule has 0 unspecified atom stereocenters. The molecule has 30 heavy (non-hydrogen) atoms. The van der Waals surface area contributed by atoms with E-state index in [9.17, 15) is 9.59 Å². The Bertz CT molecular complexity index is 981. The summed E-state index contributed by atoms with van der Waals surface area (Å²) in [7, 11) is 1.69. The smallest absolute Gasteiger partial charge is 0.321 e. The largest absolute Gasteiger partial charge is 0.427 e. The molecule has 7 nitrogen and oxygen atoms in total. The van der Waals surface area contributed by atoms with Gasteiger partial charge in [-0.2, -0.15) is 5.10 Å². The highest BCUT2D eigenvalue weighted by molar-refractivity contribution is 5.91. The Morgan fingerprint density at radius 2 is 1.80 bits per heavy atom. The average molecular weight is 406 g/mol. The van der Waals surface area contributed by atoms with Crippen molar-refractivity contribution in [1.29, 1.82) is 0 Å². The normalized spacial score (nSPS) is 10.7. The molecular weight excluding hydrogens is 380 g/mol. The number of nitrogens with one attached hydrogen (secondary N) is 1. The zero-order chi connectivity index (χ0) is 21.5. The van der Waals surface area contributed by atoms with Crippen LogP contribution in [-0.2, 0) is 11.2 Å². The SMILES string of the molecule is CC(C)NC(=O)N(C)c1ccc(OC(=O)CCc2cnn(-c3ccccc3)c2)cc1. The number of amides is 2. The molecule has 0 aliphatic rings. The highest BCUT2D eigenvalue weighted by atomic mass is 16.5. The summed E-state index contributed by atoms with van der Waals surface area (Å²) in [5, 5.41) is 7.16. The Morgan fingerprint density at radius 1 is 1.10 bits per heavy atom. The number of nitrogens with zero attached hydrogens (tertiary/aromatic N) is 3. The van der Waals surface area contributed by atoms with Gasteiger partial charge in [0.25, 0.3) is 0 Å². The van der Waals surface area contributed by atoms with Crippen molar-refractivity contribution in [2.24, 2.45) is 0 Å². The van der Waals surface area contributed by atoms with Crippen molar-refractivity contribution in [2.45, 2.75) is 32.7 Å². The second-order valence-electron chi connectivity index (χ2n) is 7.26. The fraction of sp³-hybridized carbons (Fsp3) is 0.261. The first kappa shape index (κ1) is 21.1. The van der Waals surface area contributed by atoms with Gasteiger partial charge in [-0.15, -0.1) is 0 Å². The zero-order valence-electron chi connectivity index (χ0n) is 17.4. The Kier molecular flexibility index (Phi) is 6.85. The van der Waals surface area contributed by atoms with Crippen molar-refractivity contribution in [3.8, 4) is 11.4 Å². The van der Waals surface area contributed by atoms with Gasteiger partial charge in [-0.3, -0.25) is 9.69 Å². The van der Waals surface area contributed by atoms with Gasteiger partial charge < -0.3 is 10.1 Å². The minimum Gasteiger partial charge on any atom is -0.427 e. The van der Waals surface area contributed by atoms with Gasteiger partial charge in [0.05, 0.1) is 18.3 Å². The predicted octanol–water partition coefficient (Wildman–Crippen LogP) is 3.96. The van der Waals surface area contributed by atoms with Crippen LogP contribution in [0.15, 0.2) is 67.0 Å². The Balaban J connectivity index is 1.50. The summed E-state index contributed by atoms with van der Waals surface area (Å²) in [4.78, 5) is 25.7. The van der Waals surface area contributed by atoms with Crippen LogP contribution in [0.5, 0.6) is 5.75 Å². The number of aryl methyl sites for hydroxylation is 1. The second kappa shape index (κ2) is 9.73. The third-order valence-corrected chi connectivity index (χ3v) is 4.45. The number of ether oxygens (including phenoxy) is 1. The minimum atomic E-state index is -0.318. The molecule has 0 saturated carbocycles. The van der Waals surface area contributed by atoms with Crippen LogP contribution >= 0.6 is 0 Å². The molecule has 0 atom stereocenters. The van der Waals surface area contributed by atoms with Crippen molar-refractivity contribution in [1.82, 2.24) is 15.1 Å². The molecule has 0 spiro atoms. The van der Waals surface area contributed by atoms with Crippen molar-refractivity contribution < 1.29 is 14.3 Å². The van der Waals surface area contributed by atoms with E-state index >= 15 is 0 Å². The lowest BCUT2D eigenvalue weighted by molar-refractivity contribution is -0.134. The van der Waals surface area contributed by atoms with Crippen molar-refractivity contribution in [3.63, 3.8) is 0 Å². The maximum absolute atomic E-state index is 12.2. The Labute approximate surface area is 176 Å². The molecular formula is C23H26N4O3. The minimum absolute atomic E-state index is 0.0555. The van der Waals surface area contributed by atoms with Crippen molar-refractivity contribution >= 4 is 17.7 Å². The van der Waals surface area contributed by atoms with E-state index in [0.29, 0.717) is 17.9 Å². The number of para-hydroxylation sites is 1. The van der Waals surface area contributed by atoms with Gasteiger partial charge in [-0.05, 0) is 62.2 Å². The lowest BCUT2D eigenvalue weighted by atomic mass is 10.2. The topological polar surface area (TPSA) is 76.5 Å². The van der Waals surface area contributed by atoms with Gasteiger partial charge in [-0.1, -0.05) is 18.2 Å². The van der Waals surface area contributed by atoms with Gasteiger partial charge in [0.2, 0.25) is 0 Å². The van der Waals surface area contributed by atoms with E-state index in [4.69, 9.17) is 4.74 Å². The van der Waals surface area contributed by atoms with Crippen LogP contribution in [0, 0.1) is 0 Å². The van der Waals surface area contributed by atoms with E-state index in [1.165, 1.54) is 4.90 Å². The molecule has 3 rings (SSSR count). The van der Waals surface area contributed by atoms with Crippen LogP contribution in [-0.4, -0.2) is 34.9 Å². The molecule has 156 valence electrons. The third-order valence-electron chi connectivity index (χ3n) is 4.45. The van der Waals surface area contributed by atoms with Crippen LogP contribution in [0.3, 0.4) is 0 Å². The van der Waals surface area contributed by atoms with Crippen LogP contribution in [0.1, 0.15) is 25.8 Å². The average Bonchev–Trinajstić information content (AvgIpc) is 3.21. The van der Waals surface area contributed by atoms with Crippen LogP contribution < -0.4 is 15.0 Å². The fourth-order valence-electron chi connectivity index (χ4n) is 2.84. The summed E-state index contributed by atoms with van der Waals surface area (Å²) >= 11 is 0. The van der Waals surface area contributed by atoms with E-state index in [1.807, 2.05) is 50.4 Å². The summed E-state index contributed by atoms with van der Waals surface area (Å²) in [6, 6.07) is 16.5. The molecule has 1 N–H and O–H groups in total. The molecule has 3 aromatic rings. The zero-order valence-corrected chi connectivity index (χ0v) is 17.4. The quantitative estimate of drug-likeness (QED) is 0.476. The molecule has 1 aromatic heterocycles. The molecule has 0 bridgehead atoms. The van der Waals surface area contributed by atoms with Gasteiger partial charge in [0.1, 0.15) is 5.75 Å². The number of benzene rings is 2. The lowest BCUT2D eigenvalue weighted by Gasteiger charge is -2.20. The fourth-order valence-corrected chi connectivity index (χ4v) is 2.84. The molecule has 0 aliphatic heterocycles. The second-order valence-corrected chi connectivity index (χ2v) is 7.26. The molecule has 0 radical (unpaired) electrons. The first-order valence-corrected chi connectivity index (χ1v) is 9.86. The predicted molar refractivity (Wildman–Crippen MR) is 116 cm³/mol. The molecule has 0 saturated heterocycles. The number of carbonyl (C=O) groups is 2. The van der Waals surface area contributed by atoms with Crippen LogP contribution in [0.25, 0.3) is 5.69 Å². The maximum Gasteiger partial charge on any atom is 0.321 e. The van der Waals surface area contributed by atoms with Gasteiger partial charge in [0, 0.05) is 25.0 Å². The van der Waals surface area contributed by atoms with Gasteiger partial charge in [-0.25, -0.2) is 9.48 Å². The number of hydrogen-bond donors (Lipinski definition) is 1. The Morgan fingerprint density at radius 3 is 2.47 bits per heavy atom. The number of rotatable bonds is 7. The summed E-state index contributed by atoms with van der Waals surface area (Å²) < 4.78 is 7.19. The standard InChI is InChI=1S/C23H26N4O3/c1-17(2)25-23(29)26(3)19-10-12-21(13-11-19)30-22(28)14-9-18-15-24-27(16-18)20-7-5-4-6-8-20/h4-8,10-13,15-17H,9,14H2,1-3H3,(H,25,29). The van der Waals surface area contributed by atoms with E-state index < -0.39 is 0 Å². The molecule has 1 heterocycles. The highest BCUT2D eigenvalue weighted by Crippen LogP contribution is 2.19. The molecule has 7 heteroatoms. The first-order valence-electron chi connectivity index (χ1n) is 9.86. The molecule has 2 aromatic carbocycles. The van der Waals surface area contributed by atoms with E-state index in [1.54, 1.807) is 42.2 Å². The van der Waals surface area contributed by atoms with Gasteiger partial charge in [0.15, 0.2) is 0 Å². The number of hydrogen-bond acceptors (Lipinski definition) is 4. The molecule has 2 amide bonds. The first-order chi connectivity index (χ1) is 14.4. The van der Waals surface area contributed by atoms with E-state index in [-0.39, 0.29) is 24.5 Å². The Hall–Kier alpha value is -3.61. The van der Waals surface area contributed by atoms with E-state index in [0.717, 1.165) is 11.3 Å². The monoisotopic (exact) mass is 406 g/mol. The summed E-state index contributed by atoms with van der Waals surface area (Å²) in [5.74, 6) is 0.127. The number of carbonyl (C=O) groups excluding carboxylic acids is 2. The third kappa shape index (κ3) is 5.70.